The van der Waals surface area contributed by atoms with Crippen molar-refractivity contribution in [2.75, 3.05) is 0 Å². The average Bonchev–Trinajstić information content (AvgIpc) is 3.08. The molecule has 0 aliphatic heterocycles. The molecule has 0 unspecified atom stereocenters. The van der Waals surface area contributed by atoms with Crippen molar-refractivity contribution in [1.29, 1.82) is 0 Å². The molecule has 130 valence electrons. The lowest BCUT2D eigenvalue weighted by molar-refractivity contribution is 0.449. The van der Waals surface area contributed by atoms with Gasteiger partial charge >= 0.3 is 0 Å². The molecule has 0 bridgehead atoms. The van der Waals surface area contributed by atoms with Crippen LogP contribution in [0.15, 0.2) is 74.0 Å². The summed E-state index contributed by atoms with van der Waals surface area (Å²) in [7, 11) is 0. The van der Waals surface area contributed by atoms with Gasteiger partial charge in [-0.2, -0.15) is 0 Å². The van der Waals surface area contributed by atoms with E-state index in [0.717, 1.165) is 45.4 Å². The van der Waals surface area contributed by atoms with Gasteiger partial charge in [-0.05, 0) is 71.6 Å². The van der Waals surface area contributed by atoms with Crippen molar-refractivity contribution in [2.45, 2.75) is 32.4 Å². The van der Waals surface area contributed by atoms with Crippen LogP contribution < -0.4 is 5.32 Å². The zero-order valence-corrected chi connectivity index (χ0v) is 17.3. The van der Waals surface area contributed by atoms with E-state index in [4.69, 9.17) is 4.42 Å². The highest BCUT2D eigenvalue weighted by molar-refractivity contribution is 9.11. The van der Waals surface area contributed by atoms with Crippen molar-refractivity contribution < 1.29 is 4.42 Å². The molecule has 0 saturated carbocycles. The van der Waals surface area contributed by atoms with Gasteiger partial charge in [0, 0.05) is 20.6 Å². The molecule has 0 saturated heterocycles. The Kier molecular flexibility index (Phi) is 6.51. The molecule has 1 aromatic heterocycles. The number of furan rings is 1. The molecule has 2 nitrogen and oxygen atoms in total. The summed E-state index contributed by atoms with van der Waals surface area (Å²) in [5, 5.41) is 3.54. The zero-order valence-electron chi connectivity index (χ0n) is 14.1. The van der Waals surface area contributed by atoms with Crippen molar-refractivity contribution in [2.24, 2.45) is 0 Å². The van der Waals surface area contributed by atoms with E-state index in [9.17, 15) is 0 Å². The maximum atomic E-state index is 6.00. The molecule has 0 fully saturated rings. The smallest absolute Gasteiger partial charge is 0.135 e. The van der Waals surface area contributed by atoms with Gasteiger partial charge in [-0.25, -0.2) is 0 Å². The summed E-state index contributed by atoms with van der Waals surface area (Å²) < 4.78 is 8.06. The van der Waals surface area contributed by atoms with E-state index in [1.165, 1.54) is 5.56 Å². The first kappa shape index (κ1) is 18.4. The summed E-state index contributed by atoms with van der Waals surface area (Å²) in [4.78, 5) is 0. The minimum Gasteiger partial charge on any atom is -0.460 e. The Bertz CT molecular complexity index is 814. The number of hydrogen-bond donors (Lipinski definition) is 1. The first-order valence-corrected chi connectivity index (χ1v) is 10.0. The molecule has 3 rings (SSSR count). The molecule has 0 spiro atoms. The topological polar surface area (TPSA) is 25.2 Å². The molecule has 4 heteroatoms. The first-order chi connectivity index (χ1) is 12.1. The number of benzene rings is 2. The molecule has 1 N–H and O–H groups in total. The molecular weight excluding hydrogens is 442 g/mol. The minimum absolute atomic E-state index is 0.438. The van der Waals surface area contributed by atoms with Crippen LogP contribution in [0, 0.1) is 0 Å². The van der Waals surface area contributed by atoms with Crippen molar-refractivity contribution in [1.82, 2.24) is 5.32 Å². The summed E-state index contributed by atoms with van der Waals surface area (Å²) in [6.45, 7) is 2.96. The maximum absolute atomic E-state index is 6.00. The lowest BCUT2D eigenvalue weighted by atomic mass is 10.1. The third-order valence-corrected chi connectivity index (χ3v) is 5.34. The van der Waals surface area contributed by atoms with Gasteiger partial charge in [0.1, 0.15) is 11.5 Å². The van der Waals surface area contributed by atoms with Gasteiger partial charge in [0.15, 0.2) is 0 Å². The van der Waals surface area contributed by atoms with E-state index < -0.39 is 0 Å². The summed E-state index contributed by atoms with van der Waals surface area (Å²) in [6, 6.07) is 21.2. The Balaban J connectivity index is 1.53. The monoisotopic (exact) mass is 461 g/mol. The molecule has 0 aliphatic rings. The average molecular weight is 463 g/mol. The van der Waals surface area contributed by atoms with E-state index in [2.05, 4.69) is 74.4 Å². The molecule has 1 atom stereocenters. The Hall–Kier alpha value is -1.36. The van der Waals surface area contributed by atoms with E-state index in [-0.39, 0.29) is 0 Å². The second kappa shape index (κ2) is 8.84. The van der Waals surface area contributed by atoms with Gasteiger partial charge < -0.3 is 9.73 Å². The van der Waals surface area contributed by atoms with E-state index in [0.29, 0.717) is 6.04 Å². The minimum atomic E-state index is 0.438. The SMILES string of the molecule is C[C@H](CCc1ccccc1)NCc1ccc(-c2ccc(Br)cc2Br)o1. The van der Waals surface area contributed by atoms with Gasteiger partial charge in [0.25, 0.3) is 0 Å². The van der Waals surface area contributed by atoms with Crippen molar-refractivity contribution >= 4 is 31.9 Å². The van der Waals surface area contributed by atoms with E-state index in [1.54, 1.807) is 0 Å². The quantitative estimate of drug-likeness (QED) is 0.428. The fourth-order valence-corrected chi connectivity index (χ4v) is 3.95. The summed E-state index contributed by atoms with van der Waals surface area (Å²) in [5.74, 6) is 1.84. The fourth-order valence-electron chi connectivity index (χ4n) is 2.71. The molecule has 0 amide bonds. The number of halogens is 2. The highest BCUT2D eigenvalue weighted by Gasteiger charge is 2.10. The Morgan fingerprint density at radius 3 is 2.56 bits per heavy atom. The van der Waals surface area contributed by atoms with Gasteiger partial charge in [-0.15, -0.1) is 0 Å². The van der Waals surface area contributed by atoms with Crippen LogP contribution in [0.5, 0.6) is 0 Å². The number of aryl methyl sites for hydroxylation is 1. The summed E-state index contributed by atoms with van der Waals surface area (Å²) in [5.41, 5.74) is 2.45. The van der Waals surface area contributed by atoms with Gasteiger partial charge in [-0.1, -0.05) is 46.3 Å². The van der Waals surface area contributed by atoms with Crippen LogP contribution in [0.3, 0.4) is 0 Å². The van der Waals surface area contributed by atoms with Crippen LogP contribution in [0.1, 0.15) is 24.7 Å². The van der Waals surface area contributed by atoms with Crippen LogP contribution in [-0.4, -0.2) is 6.04 Å². The Morgan fingerprint density at radius 2 is 1.80 bits per heavy atom. The molecule has 0 aliphatic carbocycles. The van der Waals surface area contributed by atoms with E-state index >= 15 is 0 Å². The van der Waals surface area contributed by atoms with Gasteiger partial charge in [0.2, 0.25) is 0 Å². The van der Waals surface area contributed by atoms with Crippen LogP contribution in [0.4, 0.5) is 0 Å². The molecule has 3 aromatic rings. The molecule has 1 heterocycles. The lowest BCUT2D eigenvalue weighted by Crippen LogP contribution is -2.25. The van der Waals surface area contributed by atoms with Crippen LogP contribution in [0.2, 0.25) is 0 Å². The molecule has 0 radical (unpaired) electrons. The molecule has 2 aromatic carbocycles. The number of hydrogen-bond acceptors (Lipinski definition) is 2. The third kappa shape index (κ3) is 5.30. The predicted molar refractivity (Wildman–Crippen MR) is 111 cm³/mol. The second-order valence-electron chi connectivity index (χ2n) is 6.20. The second-order valence-corrected chi connectivity index (χ2v) is 7.97. The van der Waals surface area contributed by atoms with Crippen molar-refractivity contribution in [3.63, 3.8) is 0 Å². The van der Waals surface area contributed by atoms with Gasteiger partial charge in [-0.3, -0.25) is 0 Å². The van der Waals surface area contributed by atoms with Crippen LogP contribution in [0.25, 0.3) is 11.3 Å². The molecular formula is C21H21Br2NO. The maximum Gasteiger partial charge on any atom is 0.135 e. The summed E-state index contributed by atoms with van der Waals surface area (Å²) in [6.07, 6.45) is 2.19. The predicted octanol–water partition coefficient (Wildman–Crippen LogP) is 6.58. The lowest BCUT2D eigenvalue weighted by Gasteiger charge is -2.12. The fraction of sp³-hybridized carbons (Fsp3) is 0.238. The molecule has 25 heavy (non-hydrogen) atoms. The largest absolute Gasteiger partial charge is 0.460 e. The Labute approximate surface area is 165 Å². The standard InChI is InChI=1S/C21H21Br2NO/c1-15(7-8-16-5-3-2-4-6-16)24-14-18-10-12-21(25-18)19-11-9-17(22)13-20(19)23/h2-6,9-13,15,24H,7-8,14H2,1H3/t15-/m1/s1. The van der Waals surface area contributed by atoms with Crippen molar-refractivity contribution in [3.8, 4) is 11.3 Å². The highest BCUT2D eigenvalue weighted by Crippen LogP contribution is 2.31. The van der Waals surface area contributed by atoms with Crippen LogP contribution in [-0.2, 0) is 13.0 Å². The normalized spacial score (nSPS) is 12.3. The van der Waals surface area contributed by atoms with Gasteiger partial charge in [0.05, 0.1) is 6.54 Å². The van der Waals surface area contributed by atoms with E-state index in [1.807, 2.05) is 30.3 Å². The first-order valence-electron chi connectivity index (χ1n) is 8.43. The number of rotatable bonds is 7. The third-order valence-electron chi connectivity index (χ3n) is 4.19. The highest BCUT2D eigenvalue weighted by atomic mass is 79.9. The number of nitrogens with one attached hydrogen (secondary N) is 1. The zero-order chi connectivity index (χ0) is 17.6. The summed E-state index contributed by atoms with van der Waals surface area (Å²) >= 11 is 7.07. The van der Waals surface area contributed by atoms with Crippen molar-refractivity contribution in [3.05, 3.63) is 80.9 Å². The van der Waals surface area contributed by atoms with Crippen LogP contribution >= 0.6 is 31.9 Å². The Morgan fingerprint density at radius 1 is 1.00 bits per heavy atom.